The normalized spacial score (nSPS) is 28.4. The SMILES string of the molecule is O=C(NC1CCCCCC1Br)C1(c2ccccc2)CC1. The van der Waals surface area contributed by atoms with Crippen molar-refractivity contribution in [2.45, 2.75) is 61.2 Å². The Morgan fingerprint density at radius 2 is 1.80 bits per heavy atom. The number of carbonyl (C=O) groups excluding carboxylic acids is 1. The van der Waals surface area contributed by atoms with Crippen LogP contribution >= 0.6 is 15.9 Å². The van der Waals surface area contributed by atoms with E-state index < -0.39 is 0 Å². The molecule has 2 nitrogen and oxygen atoms in total. The molecular weight excluding hydrogens is 314 g/mol. The second-order valence-corrected chi connectivity index (χ2v) is 7.36. The Morgan fingerprint density at radius 1 is 1.10 bits per heavy atom. The van der Waals surface area contributed by atoms with Crippen molar-refractivity contribution in [3.63, 3.8) is 0 Å². The Hall–Kier alpha value is -0.830. The van der Waals surface area contributed by atoms with E-state index in [1.807, 2.05) is 18.2 Å². The molecule has 2 saturated carbocycles. The molecule has 0 saturated heterocycles. The van der Waals surface area contributed by atoms with Crippen molar-refractivity contribution in [3.8, 4) is 0 Å². The van der Waals surface area contributed by atoms with Crippen LogP contribution in [0.15, 0.2) is 30.3 Å². The van der Waals surface area contributed by atoms with E-state index in [0.717, 1.165) is 19.3 Å². The van der Waals surface area contributed by atoms with Gasteiger partial charge in [-0.05, 0) is 31.2 Å². The summed E-state index contributed by atoms with van der Waals surface area (Å²) in [6, 6.07) is 10.5. The second kappa shape index (κ2) is 5.88. The van der Waals surface area contributed by atoms with Crippen LogP contribution in [0, 0.1) is 0 Å². The summed E-state index contributed by atoms with van der Waals surface area (Å²) in [6.07, 6.45) is 8.04. The van der Waals surface area contributed by atoms with E-state index >= 15 is 0 Å². The van der Waals surface area contributed by atoms with Gasteiger partial charge in [-0.2, -0.15) is 0 Å². The molecule has 0 aromatic heterocycles. The van der Waals surface area contributed by atoms with E-state index in [-0.39, 0.29) is 11.3 Å². The van der Waals surface area contributed by atoms with Gasteiger partial charge in [0.1, 0.15) is 0 Å². The number of carbonyl (C=O) groups is 1. The van der Waals surface area contributed by atoms with Crippen molar-refractivity contribution in [2.24, 2.45) is 0 Å². The summed E-state index contributed by atoms with van der Waals surface area (Å²) in [5.41, 5.74) is 0.942. The standard InChI is InChI=1S/C17H22BrNO/c18-14-9-5-2-6-10-15(14)19-16(20)17(11-12-17)13-7-3-1-4-8-13/h1,3-4,7-8,14-15H,2,5-6,9-12H2,(H,19,20). The molecule has 1 aromatic carbocycles. The van der Waals surface area contributed by atoms with E-state index in [1.165, 1.54) is 31.2 Å². The lowest BCUT2D eigenvalue weighted by molar-refractivity contribution is -0.124. The minimum atomic E-state index is -0.236. The number of benzene rings is 1. The molecule has 1 aromatic rings. The predicted molar refractivity (Wildman–Crippen MR) is 85.1 cm³/mol. The van der Waals surface area contributed by atoms with Crippen LogP contribution < -0.4 is 5.32 Å². The van der Waals surface area contributed by atoms with Crippen molar-refractivity contribution in [2.75, 3.05) is 0 Å². The smallest absolute Gasteiger partial charge is 0.230 e. The molecule has 0 radical (unpaired) electrons. The maximum atomic E-state index is 12.7. The second-order valence-electron chi connectivity index (χ2n) is 6.18. The highest BCUT2D eigenvalue weighted by molar-refractivity contribution is 9.09. The maximum Gasteiger partial charge on any atom is 0.230 e. The lowest BCUT2D eigenvalue weighted by Gasteiger charge is -2.25. The summed E-state index contributed by atoms with van der Waals surface area (Å²) < 4.78 is 0. The Kier molecular flexibility index (Phi) is 4.16. The highest BCUT2D eigenvalue weighted by atomic mass is 79.9. The molecule has 0 aliphatic heterocycles. The summed E-state index contributed by atoms with van der Waals surface area (Å²) in [4.78, 5) is 13.2. The Balaban J connectivity index is 1.70. The average molecular weight is 336 g/mol. The molecule has 2 unspecified atom stereocenters. The zero-order chi connectivity index (χ0) is 14.0. The molecule has 0 heterocycles. The highest BCUT2D eigenvalue weighted by Gasteiger charge is 2.51. The largest absolute Gasteiger partial charge is 0.351 e. The van der Waals surface area contributed by atoms with Crippen LogP contribution in [0.5, 0.6) is 0 Å². The van der Waals surface area contributed by atoms with Gasteiger partial charge in [-0.15, -0.1) is 0 Å². The van der Waals surface area contributed by atoms with Crippen molar-refractivity contribution in [1.82, 2.24) is 5.32 Å². The molecule has 2 aliphatic rings. The number of amides is 1. The molecule has 0 bridgehead atoms. The highest BCUT2D eigenvalue weighted by Crippen LogP contribution is 2.48. The van der Waals surface area contributed by atoms with Gasteiger partial charge in [-0.1, -0.05) is 65.5 Å². The van der Waals surface area contributed by atoms with E-state index in [0.29, 0.717) is 10.9 Å². The van der Waals surface area contributed by atoms with Gasteiger partial charge in [0.25, 0.3) is 0 Å². The molecule has 2 atom stereocenters. The van der Waals surface area contributed by atoms with Crippen molar-refractivity contribution >= 4 is 21.8 Å². The number of hydrogen-bond donors (Lipinski definition) is 1. The number of nitrogens with one attached hydrogen (secondary N) is 1. The van der Waals surface area contributed by atoms with Gasteiger partial charge >= 0.3 is 0 Å². The third-order valence-electron chi connectivity index (χ3n) is 4.76. The molecule has 0 spiro atoms. The van der Waals surface area contributed by atoms with E-state index in [1.54, 1.807) is 0 Å². The monoisotopic (exact) mass is 335 g/mol. The van der Waals surface area contributed by atoms with Crippen molar-refractivity contribution < 1.29 is 4.79 Å². The van der Waals surface area contributed by atoms with Gasteiger partial charge < -0.3 is 5.32 Å². The third-order valence-corrected chi connectivity index (χ3v) is 5.86. The topological polar surface area (TPSA) is 29.1 Å². The van der Waals surface area contributed by atoms with Crippen LogP contribution in [0.4, 0.5) is 0 Å². The molecular formula is C17H22BrNO. The Morgan fingerprint density at radius 3 is 2.50 bits per heavy atom. The van der Waals surface area contributed by atoms with Crippen LogP contribution in [-0.2, 0) is 10.2 Å². The first-order valence-corrected chi connectivity index (χ1v) is 8.64. The molecule has 2 aliphatic carbocycles. The zero-order valence-corrected chi connectivity index (χ0v) is 13.4. The predicted octanol–water partition coefficient (Wildman–Crippen LogP) is 3.93. The summed E-state index contributed by atoms with van der Waals surface area (Å²) in [5.74, 6) is 0.236. The summed E-state index contributed by atoms with van der Waals surface area (Å²) in [5, 5.41) is 3.32. The Labute approximate surface area is 129 Å². The maximum absolute atomic E-state index is 12.7. The van der Waals surface area contributed by atoms with Gasteiger partial charge in [0.05, 0.1) is 5.41 Å². The fourth-order valence-corrected chi connectivity index (χ4v) is 3.98. The van der Waals surface area contributed by atoms with E-state index in [9.17, 15) is 4.79 Å². The van der Waals surface area contributed by atoms with Gasteiger partial charge in [0.15, 0.2) is 0 Å². The fraction of sp³-hybridized carbons (Fsp3) is 0.588. The first-order chi connectivity index (χ1) is 9.72. The molecule has 20 heavy (non-hydrogen) atoms. The number of hydrogen-bond acceptors (Lipinski definition) is 1. The number of rotatable bonds is 3. The molecule has 2 fully saturated rings. The molecule has 3 rings (SSSR count). The van der Waals surface area contributed by atoms with Gasteiger partial charge in [0, 0.05) is 10.9 Å². The van der Waals surface area contributed by atoms with Crippen molar-refractivity contribution in [1.29, 1.82) is 0 Å². The van der Waals surface area contributed by atoms with Crippen LogP contribution in [-0.4, -0.2) is 16.8 Å². The first-order valence-electron chi connectivity index (χ1n) is 7.73. The van der Waals surface area contributed by atoms with E-state index in [4.69, 9.17) is 0 Å². The van der Waals surface area contributed by atoms with E-state index in [2.05, 4.69) is 33.4 Å². The minimum absolute atomic E-state index is 0.236. The van der Waals surface area contributed by atoms with Gasteiger partial charge in [-0.3, -0.25) is 4.79 Å². The van der Waals surface area contributed by atoms with Crippen LogP contribution in [0.1, 0.15) is 50.5 Å². The zero-order valence-electron chi connectivity index (χ0n) is 11.8. The molecule has 3 heteroatoms. The lowest BCUT2D eigenvalue weighted by atomic mass is 9.94. The van der Waals surface area contributed by atoms with Crippen molar-refractivity contribution in [3.05, 3.63) is 35.9 Å². The Bertz CT molecular complexity index is 469. The van der Waals surface area contributed by atoms with Crippen LogP contribution in [0.3, 0.4) is 0 Å². The molecule has 1 N–H and O–H groups in total. The minimum Gasteiger partial charge on any atom is -0.351 e. The lowest BCUT2D eigenvalue weighted by Crippen LogP contribution is -2.45. The van der Waals surface area contributed by atoms with Crippen LogP contribution in [0.25, 0.3) is 0 Å². The number of alkyl halides is 1. The molecule has 1 amide bonds. The average Bonchev–Trinajstić information content (AvgIpc) is 3.28. The number of halogens is 1. The third kappa shape index (κ3) is 2.78. The van der Waals surface area contributed by atoms with Gasteiger partial charge in [0.2, 0.25) is 5.91 Å². The fourth-order valence-electron chi connectivity index (χ4n) is 3.26. The quantitative estimate of drug-likeness (QED) is 0.658. The summed E-state index contributed by atoms with van der Waals surface area (Å²) in [6.45, 7) is 0. The van der Waals surface area contributed by atoms with Crippen LogP contribution in [0.2, 0.25) is 0 Å². The summed E-state index contributed by atoms with van der Waals surface area (Å²) in [7, 11) is 0. The summed E-state index contributed by atoms with van der Waals surface area (Å²) >= 11 is 3.76. The molecule has 108 valence electrons. The first kappa shape index (κ1) is 14.1. The van der Waals surface area contributed by atoms with Gasteiger partial charge in [-0.25, -0.2) is 0 Å².